The van der Waals surface area contributed by atoms with Crippen LogP contribution in [0.5, 0.6) is 0 Å². The maximum atomic E-state index is 10.4. The summed E-state index contributed by atoms with van der Waals surface area (Å²) in [6.07, 6.45) is 3.58. The fourth-order valence-electron chi connectivity index (χ4n) is 1.84. The third kappa shape index (κ3) is 2.76. The number of rotatable bonds is 3. The topological polar surface area (TPSA) is 79.3 Å². The molecule has 0 amide bonds. The quantitative estimate of drug-likeness (QED) is 0.526. The average molecular weight is 208 g/mol. The lowest BCUT2D eigenvalue weighted by Gasteiger charge is -2.18. The van der Waals surface area contributed by atoms with Gasteiger partial charge in [-0.25, -0.2) is 4.57 Å². The van der Waals surface area contributed by atoms with Crippen molar-refractivity contribution < 1.29 is 23.6 Å². The van der Waals surface area contributed by atoms with Crippen molar-refractivity contribution in [1.29, 1.82) is 0 Å². The standard InChI is InChI=1S/C7H13O5P/c8-13(9,10)11-4-5-1-2-6-7(3-5)12-6/h5-7H,1-4H2,(H2,8,9,10). The molecule has 3 unspecified atom stereocenters. The SMILES string of the molecule is O=P(O)(O)OCC1CCC2OC2C1. The molecule has 1 aliphatic carbocycles. The summed E-state index contributed by atoms with van der Waals surface area (Å²) in [7, 11) is -4.28. The van der Waals surface area contributed by atoms with Gasteiger partial charge in [0.05, 0.1) is 18.8 Å². The van der Waals surface area contributed by atoms with Crippen LogP contribution in [0, 0.1) is 5.92 Å². The van der Waals surface area contributed by atoms with Gasteiger partial charge in [0.1, 0.15) is 0 Å². The molecule has 3 atom stereocenters. The van der Waals surface area contributed by atoms with E-state index in [9.17, 15) is 4.57 Å². The Morgan fingerprint density at radius 2 is 2.15 bits per heavy atom. The maximum absolute atomic E-state index is 10.4. The molecule has 0 spiro atoms. The van der Waals surface area contributed by atoms with Crippen molar-refractivity contribution in [2.24, 2.45) is 5.92 Å². The molecule has 1 heterocycles. The van der Waals surface area contributed by atoms with E-state index in [-0.39, 0.29) is 12.5 Å². The molecule has 2 N–H and O–H groups in total. The van der Waals surface area contributed by atoms with Gasteiger partial charge in [0.2, 0.25) is 0 Å². The minimum absolute atomic E-state index is 0.150. The lowest BCUT2D eigenvalue weighted by Crippen LogP contribution is -2.17. The van der Waals surface area contributed by atoms with Gasteiger partial charge in [0.25, 0.3) is 0 Å². The number of phosphoric acid groups is 1. The van der Waals surface area contributed by atoms with E-state index in [1.807, 2.05) is 0 Å². The molecule has 0 aromatic carbocycles. The van der Waals surface area contributed by atoms with E-state index < -0.39 is 7.82 Å². The van der Waals surface area contributed by atoms with Gasteiger partial charge < -0.3 is 14.5 Å². The Bertz CT molecular complexity index is 237. The zero-order chi connectivity index (χ0) is 9.47. The van der Waals surface area contributed by atoms with Crippen molar-refractivity contribution >= 4 is 7.82 Å². The van der Waals surface area contributed by atoms with Gasteiger partial charge in [0.15, 0.2) is 0 Å². The number of ether oxygens (including phenoxy) is 1. The number of epoxide rings is 1. The Labute approximate surface area is 76.3 Å². The molecular formula is C7H13O5P. The molecule has 5 nitrogen and oxygen atoms in total. The van der Waals surface area contributed by atoms with Crippen LogP contribution in [-0.2, 0) is 13.8 Å². The molecule has 0 aromatic heterocycles. The Balaban J connectivity index is 1.73. The van der Waals surface area contributed by atoms with E-state index in [0.29, 0.717) is 12.2 Å². The van der Waals surface area contributed by atoms with Crippen LogP contribution in [0.2, 0.25) is 0 Å². The average Bonchev–Trinajstić information content (AvgIpc) is 2.76. The van der Waals surface area contributed by atoms with Crippen LogP contribution in [0.1, 0.15) is 19.3 Å². The summed E-state index contributed by atoms with van der Waals surface area (Å²) in [5.74, 6) is 0.247. The fourth-order valence-corrected chi connectivity index (χ4v) is 2.25. The van der Waals surface area contributed by atoms with Gasteiger partial charge in [-0.1, -0.05) is 0 Å². The molecule has 0 bridgehead atoms. The van der Waals surface area contributed by atoms with Gasteiger partial charge in [-0.3, -0.25) is 4.52 Å². The molecule has 1 saturated heterocycles. The Kier molecular flexibility index (Phi) is 2.47. The maximum Gasteiger partial charge on any atom is 0.469 e. The molecule has 1 aliphatic heterocycles. The van der Waals surface area contributed by atoms with Crippen LogP contribution >= 0.6 is 7.82 Å². The first-order valence-corrected chi connectivity index (χ1v) is 5.93. The van der Waals surface area contributed by atoms with Crippen LogP contribution in [-0.4, -0.2) is 28.6 Å². The molecule has 76 valence electrons. The molecule has 13 heavy (non-hydrogen) atoms. The van der Waals surface area contributed by atoms with Crippen LogP contribution in [0.15, 0.2) is 0 Å². The Hall–Kier alpha value is 0.0700. The predicted octanol–water partition coefficient (Wildman–Crippen LogP) is 0.663. The smallest absolute Gasteiger partial charge is 0.370 e. The highest BCUT2D eigenvalue weighted by molar-refractivity contribution is 7.46. The Morgan fingerprint density at radius 3 is 2.77 bits per heavy atom. The first kappa shape index (κ1) is 9.62. The van der Waals surface area contributed by atoms with Crippen molar-refractivity contribution in [3.8, 4) is 0 Å². The molecule has 0 radical (unpaired) electrons. The van der Waals surface area contributed by atoms with Crippen LogP contribution in [0.25, 0.3) is 0 Å². The molecule has 1 saturated carbocycles. The fraction of sp³-hybridized carbons (Fsp3) is 1.00. The molecule has 0 aromatic rings. The number of phosphoric ester groups is 1. The van der Waals surface area contributed by atoms with Gasteiger partial charge >= 0.3 is 7.82 Å². The van der Waals surface area contributed by atoms with E-state index in [1.165, 1.54) is 0 Å². The summed E-state index contributed by atoms with van der Waals surface area (Å²) in [4.78, 5) is 17.0. The first-order chi connectivity index (χ1) is 6.04. The van der Waals surface area contributed by atoms with E-state index in [2.05, 4.69) is 4.52 Å². The van der Waals surface area contributed by atoms with E-state index in [1.54, 1.807) is 0 Å². The van der Waals surface area contributed by atoms with Crippen LogP contribution in [0.3, 0.4) is 0 Å². The third-order valence-electron chi connectivity index (χ3n) is 2.59. The molecule has 2 rings (SSSR count). The zero-order valence-corrected chi connectivity index (χ0v) is 8.02. The minimum Gasteiger partial charge on any atom is -0.370 e. The second kappa shape index (κ2) is 3.33. The lowest BCUT2D eigenvalue weighted by atomic mass is 9.90. The van der Waals surface area contributed by atoms with Gasteiger partial charge in [-0.05, 0) is 25.2 Å². The highest BCUT2D eigenvalue weighted by Crippen LogP contribution is 2.42. The number of hydrogen-bond donors (Lipinski definition) is 2. The lowest BCUT2D eigenvalue weighted by molar-refractivity contribution is 0.154. The second-order valence-corrected chi connectivity index (χ2v) is 4.92. The van der Waals surface area contributed by atoms with Gasteiger partial charge in [-0.2, -0.15) is 0 Å². The van der Waals surface area contributed by atoms with Crippen molar-refractivity contribution in [3.63, 3.8) is 0 Å². The van der Waals surface area contributed by atoms with E-state index >= 15 is 0 Å². The largest absolute Gasteiger partial charge is 0.469 e. The van der Waals surface area contributed by atoms with Gasteiger partial charge in [0, 0.05) is 0 Å². The van der Waals surface area contributed by atoms with Crippen molar-refractivity contribution in [1.82, 2.24) is 0 Å². The third-order valence-corrected chi connectivity index (χ3v) is 3.08. The summed E-state index contributed by atoms with van der Waals surface area (Å²) in [5.41, 5.74) is 0. The highest BCUT2D eigenvalue weighted by Gasteiger charge is 2.44. The highest BCUT2D eigenvalue weighted by atomic mass is 31.2. The molecule has 2 aliphatic rings. The van der Waals surface area contributed by atoms with E-state index in [4.69, 9.17) is 14.5 Å². The van der Waals surface area contributed by atoms with Gasteiger partial charge in [-0.15, -0.1) is 0 Å². The molecular weight excluding hydrogens is 195 g/mol. The number of hydrogen-bond acceptors (Lipinski definition) is 3. The summed E-state index contributed by atoms with van der Waals surface area (Å²) in [6.45, 7) is 0.150. The summed E-state index contributed by atoms with van der Waals surface area (Å²) < 4.78 is 20.1. The predicted molar refractivity (Wildman–Crippen MR) is 44.0 cm³/mol. The van der Waals surface area contributed by atoms with E-state index in [0.717, 1.165) is 19.3 Å². The molecule has 2 fully saturated rings. The zero-order valence-electron chi connectivity index (χ0n) is 7.13. The van der Waals surface area contributed by atoms with Crippen molar-refractivity contribution in [2.45, 2.75) is 31.5 Å². The first-order valence-electron chi connectivity index (χ1n) is 4.40. The monoisotopic (exact) mass is 208 g/mol. The second-order valence-electron chi connectivity index (χ2n) is 3.68. The summed E-state index contributed by atoms with van der Waals surface area (Å²) >= 11 is 0. The Morgan fingerprint density at radius 1 is 1.38 bits per heavy atom. The normalized spacial score (nSPS) is 38.5. The van der Waals surface area contributed by atoms with Crippen LogP contribution < -0.4 is 0 Å². The van der Waals surface area contributed by atoms with Crippen LogP contribution in [0.4, 0.5) is 0 Å². The minimum atomic E-state index is -4.28. The summed E-state index contributed by atoms with van der Waals surface area (Å²) in [5, 5.41) is 0. The van der Waals surface area contributed by atoms with Crippen molar-refractivity contribution in [3.05, 3.63) is 0 Å². The van der Waals surface area contributed by atoms with Crippen molar-refractivity contribution in [2.75, 3.05) is 6.61 Å². The number of fused-ring (bicyclic) bond motifs is 1. The summed E-state index contributed by atoms with van der Waals surface area (Å²) in [6, 6.07) is 0. The molecule has 6 heteroatoms.